The van der Waals surface area contributed by atoms with Crippen LogP contribution in [0.1, 0.15) is 47.9 Å². The van der Waals surface area contributed by atoms with Gasteiger partial charge in [-0.2, -0.15) is 5.26 Å². The molecule has 0 aliphatic carbocycles. The lowest BCUT2D eigenvalue weighted by Gasteiger charge is -2.29. The van der Waals surface area contributed by atoms with Crippen LogP contribution in [-0.2, 0) is 22.7 Å². The first-order valence-corrected chi connectivity index (χ1v) is 15.1. The Morgan fingerprint density at radius 2 is 1.98 bits per heavy atom. The highest BCUT2D eigenvalue weighted by Crippen LogP contribution is 2.36. The van der Waals surface area contributed by atoms with Crippen molar-refractivity contribution in [3.63, 3.8) is 0 Å². The Kier molecular flexibility index (Phi) is 9.48. The van der Waals surface area contributed by atoms with E-state index < -0.39 is 0 Å². The molecule has 5 rings (SSSR count). The predicted octanol–water partition coefficient (Wildman–Crippen LogP) is 5.84. The zero-order chi connectivity index (χ0) is 27.9. The van der Waals surface area contributed by atoms with Gasteiger partial charge in [0.1, 0.15) is 18.6 Å². The van der Waals surface area contributed by atoms with E-state index in [4.69, 9.17) is 14.5 Å². The van der Waals surface area contributed by atoms with E-state index in [9.17, 15) is 10.1 Å². The van der Waals surface area contributed by atoms with E-state index >= 15 is 0 Å². The summed E-state index contributed by atoms with van der Waals surface area (Å²) in [6, 6.07) is 14.6. The number of anilines is 1. The van der Waals surface area contributed by atoms with Crippen molar-refractivity contribution >= 4 is 22.8 Å². The molecule has 0 N–H and O–H groups in total. The average molecular weight is 559 g/mol. The third kappa shape index (κ3) is 7.08. The Labute approximate surface area is 241 Å². The minimum atomic E-state index is 0.165. The standard InChI is InChI=1S/C32H38N4O3S/c1-23-3-6-31(29(15-23)30-22-40-32(34-30)36-11-7-25(20-37)8-12-36)39-21-27-5-4-26(16-28(27)17-33)19-35(2)18-24-9-13-38-14-10-24/h3-6,15-16,20,22,24-25H,7-14,18-19,21H2,1-2H3. The molecule has 3 heterocycles. The summed E-state index contributed by atoms with van der Waals surface area (Å²) >= 11 is 1.63. The first-order valence-electron chi connectivity index (χ1n) is 14.2. The molecular formula is C32H38N4O3S. The lowest BCUT2D eigenvalue weighted by atomic mass is 9.99. The van der Waals surface area contributed by atoms with Crippen molar-refractivity contribution < 1.29 is 14.3 Å². The summed E-state index contributed by atoms with van der Waals surface area (Å²) in [6.07, 6.45) is 5.08. The number of benzene rings is 2. The Morgan fingerprint density at radius 1 is 1.18 bits per heavy atom. The van der Waals surface area contributed by atoms with Gasteiger partial charge >= 0.3 is 0 Å². The Bertz CT molecular complexity index is 1340. The van der Waals surface area contributed by atoms with E-state index in [0.717, 1.165) is 110 Å². The number of thiazole rings is 1. The van der Waals surface area contributed by atoms with Crippen LogP contribution in [0.3, 0.4) is 0 Å². The number of piperidine rings is 1. The molecule has 2 aliphatic rings. The van der Waals surface area contributed by atoms with Gasteiger partial charge in [0.2, 0.25) is 0 Å². The van der Waals surface area contributed by atoms with Gasteiger partial charge in [0.15, 0.2) is 5.13 Å². The number of aldehydes is 1. The van der Waals surface area contributed by atoms with E-state index in [0.29, 0.717) is 18.1 Å². The SMILES string of the molecule is Cc1ccc(OCc2ccc(CN(C)CC3CCOCC3)cc2C#N)c(-c2csc(N3CCC(C=O)CC3)n2)c1. The molecule has 0 unspecified atom stereocenters. The Morgan fingerprint density at radius 3 is 2.73 bits per heavy atom. The van der Waals surface area contributed by atoms with Crippen molar-refractivity contribution in [2.24, 2.45) is 11.8 Å². The molecule has 1 aromatic heterocycles. The van der Waals surface area contributed by atoms with Crippen molar-refractivity contribution in [2.75, 3.05) is 44.8 Å². The van der Waals surface area contributed by atoms with Crippen molar-refractivity contribution in [3.05, 3.63) is 64.0 Å². The lowest BCUT2D eigenvalue weighted by Crippen LogP contribution is -2.33. The maximum Gasteiger partial charge on any atom is 0.185 e. The molecule has 40 heavy (non-hydrogen) atoms. The van der Waals surface area contributed by atoms with Gasteiger partial charge in [0.05, 0.1) is 17.3 Å². The molecule has 2 aromatic carbocycles. The van der Waals surface area contributed by atoms with Crippen LogP contribution in [0.25, 0.3) is 11.3 Å². The van der Waals surface area contributed by atoms with E-state index in [1.807, 2.05) is 24.3 Å². The number of nitrogens with zero attached hydrogens (tertiary/aromatic N) is 4. The molecule has 2 saturated heterocycles. The fraction of sp³-hybridized carbons (Fsp3) is 0.469. The van der Waals surface area contributed by atoms with Crippen LogP contribution >= 0.6 is 11.3 Å². The first-order chi connectivity index (χ1) is 19.5. The third-order valence-electron chi connectivity index (χ3n) is 7.95. The zero-order valence-electron chi connectivity index (χ0n) is 23.5. The molecule has 3 aromatic rings. The summed E-state index contributed by atoms with van der Waals surface area (Å²) in [4.78, 5) is 20.7. The van der Waals surface area contributed by atoms with E-state index in [-0.39, 0.29) is 5.92 Å². The number of ether oxygens (including phenoxy) is 2. The molecule has 7 nitrogen and oxygen atoms in total. The van der Waals surface area contributed by atoms with E-state index in [2.05, 4.69) is 47.4 Å². The maximum absolute atomic E-state index is 11.1. The summed E-state index contributed by atoms with van der Waals surface area (Å²) in [5, 5.41) is 13.0. The van der Waals surface area contributed by atoms with Gasteiger partial charge in [-0.1, -0.05) is 23.8 Å². The van der Waals surface area contributed by atoms with Gasteiger partial charge in [0.25, 0.3) is 0 Å². The van der Waals surface area contributed by atoms with Crippen LogP contribution in [0, 0.1) is 30.1 Å². The molecule has 0 spiro atoms. The van der Waals surface area contributed by atoms with Crippen LogP contribution in [0.5, 0.6) is 5.75 Å². The van der Waals surface area contributed by atoms with Crippen molar-refractivity contribution in [1.82, 2.24) is 9.88 Å². The van der Waals surface area contributed by atoms with E-state index in [1.165, 1.54) is 0 Å². The second kappa shape index (κ2) is 13.4. The van der Waals surface area contributed by atoms with Crippen LogP contribution in [-0.4, -0.2) is 56.1 Å². The minimum Gasteiger partial charge on any atom is -0.488 e. The number of hydrogen-bond acceptors (Lipinski definition) is 8. The molecule has 8 heteroatoms. The highest BCUT2D eigenvalue weighted by molar-refractivity contribution is 7.14. The number of aryl methyl sites for hydroxylation is 1. The van der Waals surface area contributed by atoms with E-state index in [1.54, 1.807) is 11.3 Å². The number of carbonyl (C=O) groups is 1. The van der Waals surface area contributed by atoms with Gasteiger partial charge in [-0.3, -0.25) is 0 Å². The molecule has 0 saturated carbocycles. The molecule has 210 valence electrons. The van der Waals surface area contributed by atoms with Crippen LogP contribution < -0.4 is 9.64 Å². The van der Waals surface area contributed by atoms with Crippen molar-refractivity contribution in [3.8, 4) is 23.1 Å². The van der Waals surface area contributed by atoms with Gasteiger partial charge in [-0.05, 0) is 69.3 Å². The summed E-state index contributed by atoms with van der Waals surface area (Å²) in [5.74, 6) is 1.60. The predicted molar refractivity (Wildman–Crippen MR) is 159 cm³/mol. The molecule has 2 aliphatic heterocycles. The smallest absolute Gasteiger partial charge is 0.185 e. The first kappa shape index (κ1) is 28.3. The molecule has 2 fully saturated rings. The maximum atomic E-state index is 11.1. The topological polar surface area (TPSA) is 78.7 Å². The molecule has 0 atom stereocenters. The fourth-order valence-electron chi connectivity index (χ4n) is 5.58. The third-order valence-corrected chi connectivity index (χ3v) is 8.85. The highest BCUT2D eigenvalue weighted by Gasteiger charge is 2.22. The summed E-state index contributed by atoms with van der Waals surface area (Å²) in [6.45, 7) is 7.66. The number of hydrogen-bond donors (Lipinski definition) is 0. The number of rotatable bonds is 10. The Hall–Kier alpha value is -3.25. The highest BCUT2D eigenvalue weighted by atomic mass is 32.1. The van der Waals surface area contributed by atoms with Gasteiger partial charge in [-0.15, -0.1) is 11.3 Å². The summed E-state index contributed by atoms with van der Waals surface area (Å²) < 4.78 is 11.8. The number of aromatic nitrogens is 1. The fourth-order valence-corrected chi connectivity index (χ4v) is 6.46. The number of nitriles is 1. The number of carbonyl (C=O) groups excluding carboxylic acids is 1. The second-order valence-electron chi connectivity index (χ2n) is 11.1. The largest absolute Gasteiger partial charge is 0.488 e. The van der Waals surface area contributed by atoms with Crippen LogP contribution in [0.15, 0.2) is 41.8 Å². The van der Waals surface area contributed by atoms with Crippen LogP contribution in [0.2, 0.25) is 0 Å². The lowest BCUT2D eigenvalue weighted by molar-refractivity contribution is -0.111. The quantitative estimate of drug-likeness (QED) is 0.289. The monoisotopic (exact) mass is 558 g/mol. The normalized spacial score (nSPS) is 16.7. The summed E-state index contributed by atoms with van der Waals surface area (Å²) in [5.41, 5.74) is 5.64. The molecule has 0 bridgehead atoms. The van der Waals surface area contributed by atoms with Crippen LogP contribution in [0.4, 0.5) is 5.13 Å². The zero-order valence-corrected chi connectivity index (χ0v) is 24.3. The minimum absolute atomic E-state index is 0.165. The van der Waals surface area contributed by atoms with Gasteiger partial charge in [-0.25, -0.2) is 4.98 Å². The summed E-state index contributed by atoms with van der Waals surface area (Å²) in [7, 11) is 2.15. The second-order valence-corrected chi connectivity index (χ2v) is 12.0. The van der Waals surface area contributed by atoms with Gasteiger partial charge in [0, 0.05) is 61.8 Å². The Balaban J connectivity index is 1.25. The molecule has 0 radical (unpaired) electrons. The average Bonchev–Trinajstić information content (AvgIpc) is 3.47. The van der Waals surface area contributed by atoms with Gasteiger partial charge < -0.3 is 24.1 Å². The molecular weight excluding hydrogens is 520 g/mol. The molecule has 0 amide bonds. The van der Waals surface area contributed by atoms with Crippen molar-refractivity contribution in [1.29, 1.82) is 5.26 Å². The van der Waals surface area contributed by atoms with Crippen molar-refractivity contribution in [2.45, 2.75) is 45.8 Å².